The van der Waals surface area contributed by atoms with Crippen LogP contribution in [0.3, 0.4) is 0 Å². The first-order valence-corrected chi connectivity index (χ1v) is 9.51. The molecule has 1 atom stereocenters. The number of morpholine rings is 1. The number of carboxylic acid groups (broad SMARTS) is 1. The van der Waals surface area contributed by atoms with Crippen molar-refractivity contribution in [2.75, 3.05) is 26.2 Å². The van der Waals surface area contributed by atoms with Gasteiger partial charge in [-0.05, 0) is 29.8 Å². The second-order valence-corrected chi connectivity index (χ2v) is 7.17. The van der Waals surface area contributed by atoms with E-state index in [9.17, 15) is 9.59 Å². The average molecular weight is 461 g/mol. The molecule has 156 valence electrons. The standard InChI is InChI=1S/C20H19Cl2NO5.ClH/c21-15-2-1-3-16(22)19(15)20(26)28-14-6-4-13(5-7-14)17-12-23(10-11-27-17)9-8-18(24)25;/h1-7,17H,8-12H2,(H,24,25);1H. The van der Waals surface area contributed by atoms with Crippen LogP contribution in [0.1, 0.15) is 28.4 Å². The lowest BCUT2D eigenvalue weighted by molar-refractivity contribution is -0.137. The molecule has 1 unspecified atom stereocenters. The van der Waals surface area contributed by atoms with Crippen LogP contribution in [0.4, 0.5) is 0 Å². The summed E-state index contributed by atoms with van der Waals surface area (Å²) in [7, 11) is 0. The van der Waals surface area contributed by atoms with Crippen LogP contribution < -0.4 is 4.74 Å². The van der Waals surface area contributed by atoms with E-state index in [1.54, 1.807) is 30.3 Å². The first-order chi connectivity index (χ1) is 13.4. The topological polar surface area (TPSA) is 76.1 Å². The monoisotopic (exact) mass is 459 g/mol. The van der Waals surface area contributed by atoms with Gasteiger partial charge in [0.15, 0.2) is 0 Å². The molecule has 2 aromatic carbocycles. The second-order valence-electron chi connectivity index (χ2n) is 6.36. The van der Waals surface area contributed by atoms with E-state index < -0.39 is 11.9 Å². The van der Waals surface area contributed by atoms with Crippen molar-refractivity contribution < 1.29 is 24.2 Å². The third-order valence-corrected chi connectivity index (χ3v) is 5.05. The van der Waals surface area contributed by atoms with E-state index >= 15 is 0 Å². The Bertz CT molecular complexity index is 839. The van der Waals surface area contributed by atoms with Gasteiger partial charge in [0.2, 0.25) is 0 Å². The summed E-state index contributed by atoms with van der Waals surface area (Å²) in [4.78, 5) is 25.2. The number of carbonyl (C=O) groups is 2. The molecule has 1 aliphatic heterocycles. The summed E-state index contributed by atoms with van der Waals surface area (Å²) in [6.07, 6.45) is -0.0584. The summed E-state index contributed by atoms with van der Waals surface area (Å²) >= 11 is 12.1. The van der Waals surface area contributed by atoms with Gasteiger partial charge in [-0.3, -0.25) is 9.69 Å². The molecular formula is C20H20Cl3NO5. The highest BCUT2D eigenvalue weighted by atomic mass is 35.5. The summed E-state index contributed by atoms with van der Waals surface area (Å²) in [6, 6.07) is 11.8. The summed E-state index contributed by atoms with van der Waals surface area (Å²) in [6.45, 7) is 2.34. The van der Waals surface area contributed by atoms with Gasteiger partial charge in [0.05, 0.1) is 34.7 Å². The number of ether oxygens (including phenoxy) is 2. The number of halogens is 3. The Labute approximate surface area is 184 Å². The van der Waals surface area contributed by atoms with Crippen molar-refractivity contribution >= 4 is 47.5 Å². The number of carboxylic acids is 1. The zero-order valence-corrected chi connectivity index (χ0v) is 17.7. The van der Waals surface area contributed by atoms with Crippen LogP contribution in [0.2, 0.25) is 10.0 Å². The van der Waals surface area contributed by atoms with Gasteiger partial charge in [-0.25, -0.2) is 4.79 Å². The molecule has 0 radical (unpaired) electrons. The predicted molar refractivity (Wildman–Crippen MR) is 112 cm³/mol. The molecule has 1 saturated heterocycles. The largest absolute Gasteiger partial charge is 0.481 e. The molecule has 1 heterocycles. The van der Waals surface area contributed by atoms with Crippen molar-refractivity contribution in [3.63, 3.8) is 0 Å². The molecule has 0 aromatic heterocycles. The van der Waals surface area contributed by atoms with Gasteiger partial charge in [0.1, 0.15) is 5.75 Å². The fourth-order valence-electron chi connectivity index (χ4n) is 2.96. The maximum atomic E-state index is 12.3. The molecule has 3 rings (SSSR count). The number of rotatable bonds is 6. The maximum Gasteiger partial charge on any atom is 0.346 e. The third kappa shape index (κ3) is 6.32. The van der Waals surface area contributed by atoms with E-state index in [0.29, 0.717) is 32.0 Å². The van der Waals surface area contributed by atoms with Gasteiger partial charge in [0.25, 0.3) is 0 Å². The van der Waals surface area contributed by atoms with Gasteiger partial charge < -0.3 is 14.6 Å². The quantitative estimate of drug-likeness (QED) is 0.506. The molecular weight excluding hydrogens is 441 g/mol. The van der Waals surface area contributed by atoms with Crippen molar-refractivity contribution in [2.24, 2.45) is 0 Å². The molecule has 6 nitrogen and oxygen atoms in total. The number of nitrogens with zero attached hydrogens (tertiary/aromatic N) is 1. The molecule has 1 fully saturated rings. The Morgan fingerprint density at radius 2 is 1.79 bits per heavy atom. The van der Waals surface area contributed by atoms with Crippen LogP contribution in [0, 0.1) is 0 Å². The van der Waals surface area contributed by atoms with E-state index in [1.165, 1.54) is 0 Å². The van der Waals surface area contributed by atoms with Crippen molar-refractivity contribution in [3.05, 3.63) is 63.6 Å². The second kappa shape index (κ2) is 10.8. The smallest absolute Gasteiger partial charge is 0.346 e. The number of carbonyl (C=O) groups excluding carboxylic acids is 1. The number of hydrogen-bond donors (Lipinski definition) is 1. The van der Waals surface area contributed by atoms with Crippen molar-refractivity contribution in [1.29, 1.82) is 0 Å². The molecule has 1 aliphatic rings. The summed E-state index contributed by atoms with van der Waals surface area (Å²) < 4.78 is 11.2. The van der Waals surface area contributed by atoms with E-state index in [4.69, 9.17) is 37.8 Å². The van der Waals surface area contributed by atoms with Crippen molar-refractivity contribution in [2.45, 2.75) is 12.5 Å². The Kier molecular flexibility index (Phi) is 8.74. The van der Waals surface area contributed by atoms with E-state index in [1.807, 2.05) is 12.1 Å². The lowest BCUT2D eigenvalue weighted by Gasteiger charge is -2.32. The summed E-state index contributed by atoms with van der Waals surface area (Å²) in [5, 5.41) is 9.29. The first-order valence-electron chi connectivity index (χ1n) is 8.76. The Hall–Kier alpha value is -1.83. The Morgan fingerprint density at radius 3 is 2.41 bits per heavy atom. The van der Waals surface area contributed by atoms with Crippen molar-refractivity contribution in [1.82, 2.24) is 4.90 Å². The van der Waals surface area contributed by atoms with Gasteiger partial charge in [-0.15, -0.1) is 12.4 Å². The predicted octanol–water partition coefficient (Wildman–Crippen LogP) is 4.48. The highest BCUT2D eigenvalue weighted by molar-refractivity contribution is 6.39. The lowest BCUT2D eigenvalue weighted by Crippen LogP contribution is -2.39. The van der Waals surface area contributed by atoms with Crippen LogP contribution in [-0.2, 0) is 9.53 Å². The fourth-order valence-corrected chi connectivity index (χ4v) is 3.51. The molecule has 0 spiro atoms. The normalized spacial score (nSPS) is 16.7. The van der Waals surface area contributed by atoms with E-state index in [2.05, 4.69) is 4.90 Å². The average Bonchev–Trinajstić information content (AvgIpc) is 2.67. The Balaban J connectivity index is 0.00000300. The van der Waals surface area contributed by atoms with Crippen LogP contribution >= 0.6 is 35.6 Å². The minimum atomic E-state index is -0.812. The van der Waals surface area contributed by atoms with E-state index in [-0.39, 0.29) is 40.5 Å². The highest BCUT2D eigenvalue weighted by Crippen LogP contribution is 2.28. The van der Waals surface area contributed by atoms with Crippen LogP contribution in [0.15, 0.2) is 42.5 Å². The molecule has 0 amide bonds. The van der Waals surface area contributed by atoms with Crippen LogP contribution in [-0.4, -0.2) is 48.2 Å². The highest BCUT2D eigenvalue weighted by Gasteiger charge is 2.23. The minimum absolute atomic E-state index is 0. The first kappa shape index (κ1) is 23.4. The zero-order valence-electron chi connectivity index (χ0n) is 15.3. The summed E-state index contributed by atoms with van der Waals surface area (Å²) in [5.74, 6) is -1.08. The lowest BCUT2D eigenvalue weighted by atomic mass is 10.1. The van der Waals surface area contributed by atoms with Crippen LogP contribution in [0.5, 0.6) is 5.75 Å². The number of benzene rings is 2. The molecule has 0 bridgehead atoms. The molecule has 9 heteroatoms. The molecule has 29 heavy (non-hydrogen) atoms. The number of hydrogen-bond acceptors (Lipinski definition) is 5. The maximum absolute atomic E-state index is 12.3. The van der Waals surface area contributed by atoms with Gasteiger partial charge >= 0.3 is 11.9 Å². The fraction of sp³-hybridized carbons (Fsp3) is 0.300. The number of esters is 1. The Morgan fingerprint density at radius 1 is 1.14 bits per heavy atom. The zero-order chi connectivity index (χ0) is 20.1. The minimum Gasteiger partial charge on any atom is -0.481 e. The molecule has 2 aromatic rings. The molecule has 1 N–H and O–H groups in total. The van der Waals surface area contributed by atoms with Crippen LogP contribution in [0.25, 0.3) is 0 Å². The van der Waals surface area contributed by atoms with Gasteiger partial charge in [-0.2, -0.15) is 0 Å². The number of aliphatic carboxylic acids is 1. The summed E-state index contributed by atoms with van der Waals surface area (Å²) in [5.41, 5.74) is 1.05. The van der Waals surface area contributed by atoms with Gasteiger partial charge in [-0.1, -0.05) is 41.4 Å². The van der Waals surface area contributed by atoms with Crippen molar-refractivity contribution in [3.8, 4) is 5.75 Å². The van der Waals surface area contributed by atoms with Gasteiger partial charge in [0, 0.05) is 19.6 Å². The third-order valence-electron chi connectivity index (χ3n) is 4.42. The van der Waals surface area contributed by atoms with E-state index in [0.717, 1.165) is 5.56 Å². The molecule has 0 aliphatic carbocycles. The SMILES string of the molecule is Cl.O=C(O)CCN1CCOC(c2ccc(OC(=O)c3c(Cl)cccc3Cl)cc2)C1. The molecule has 0 saturated carbocycles.